The number of aldehydes is 2. The summed E-state index contributed by atoms with van der Waals surface area (Å²) in [5.41, 5.74) is 2.81. The summed E-state index contributed by atoms with van der Waals surface area (Å²) >= 11 is 0. The van der Waals surface area contributed by atoms with Gasteiger partial charge in [-0.25, -0.2) is 4.79 Å². The van der Waals surface area contributed by atoms with E-state index in [0.29, 0.717) is 31.2 Å². The van der Waals surface area contributed by atoms with Crippen LogP contribution in [0.25, 0.3) is 0 Å². The second kappa shape index (κ2) is 19.6. The number of ether oxygens (including phenoxy) is 1. The molecule has 0 fully saturated rings. The zero-order valence-electron chi connectivity index (χ0n) is 19.1. The van der Waals surface area contributed by atoms with Crippen LogP contribution < -0.4 is 16.0 Å². The number of para-hydroxylation sites is 1. The molecule has 0 atom stereocenters. The van der Waals surface area contributed by atoms with E-state index in [-0.39, 0.29) is 12.3 Å². The van der Waals surface area contributed by atoms with Gasteiger partial charge in [0.15, 0.2) is 6.29 Å². The third-order valence-corrected chi connectivity index (χ3v) is 4.23. The summed E-state index contributed by atoms with van der Waals surface area (Å²) in [7, 11) is 4.57. The number of nitrogens with one attached hydrogen (secondary N) is 3. The maximum atomic E-state index is 11.7. The van der Waals surface area contributed by atoms with Gasteiger partial charge in [0, 0.05) is 39.0 Å². The van der Waals surface area contributed by atoms with Crippen molar-refractivity contribution in [3.63, 3.8) is 0 Å². The Labute approximate surface area is 190 Å². The standard InChI is InChI=1S/C16H22N2O4.C7H9N.CH4O/c1-17-14(9-5-6-10-19)15(11-20)18-16(21)22-12-13-7-3-2-4-8-13;1-8-7-5-3-2-4-6-7;1-2/h3,7-8,10-11,17H,2,4-6,9,12H2,1H3,(H,18,21);2-6,8H,1H3;2H,1H3/b15-14+;;. The van der Waals surface area contributed by atoms with E-state index in [4.69, 9.17) is 9.84 Å². The summed E-state index contributed by atoms with van der Waals surface area (Å²) < 4.78 is 5.09. The van der Waals surface area contributed by atoms with Crippen molar-refractivity contribution in [3.05, 3.63) is 65.5 Å². The largest absolute Gasteiger partial charge is 0.444 e. The maximum absolute atomic E-state index is 11.7. The molecule has 1 aromatic rings. The van der Waals surface area contributed by atoms with Gasteiger partial charge in [0.2, 0.25) is 0 Å². The second-order valence-corrected chi connectivity index (χ2v) is 6.39. The average molecular weight is 446 g/mol. The molecule has 1 aliphatic rings. The number of aliphatic hydroxyl groups excluding tert-OH is 1. The summed E-state index contributed by atoms with van der Waals surface area (Å²) in [6.07, 6.45) is 10.1. The number of amides is 1. The second-order valence-electron chi connectivity index (χ2n) is 6.39. The molecule has 1 aromatic carbocycles. The molecule has 8 nitrogen and oxygen atoms in total. The third-order valence-electron chi connectivity index (χ3n) is 4.23. The molecular formula is C24H35N3O5. The Hall–Kier alpha value is -3.39. The van der Waals surface area contributed by atoms with Gasteiger partial charge in [-0.1, -0.05) is 36.4 Å². The van der Waals surface area contributed by atoms with Crippen molar-refractivity contribution in [2.45, 2.75) is 32.1 Å². The maximum Gasteiger partial charge on any atom is 0.412 e. The smallest absolute Gasteiger partial charge is 0.412 e. The van der Waals surface area contributed by atoms with Gasteiger partial charge in [0.05, 0.1) is 0 Å². The lowest BCUT2D eigenvalue weighted by Gasteiger charge is -2.13. The van der Waals surface area contributed by atoms with Crippen LogP contribution in [-0.2, 0) is 14.3 Å². The number of aliphatic hydroxyl groups is 1. The lowest BCUT2D eigenvalue weighted by atomic mass is 10.1. The first-order chi connectivity index (χ1) is 15.6. The monoisotopic (exact) mass is 445 g/mol. The highest BCUT2D eigenvalue weighted by atomic mass is 16.5. The van der Waals surface area contributed by atoms with E-state index in [2.05, 4.69) is 16.0 Å². The molecule has 0 radical (unpaired) electrons. The van der Waals surface area contributed by atoms with E-state index in [1.165, 1.54) is 0 Å². The number of unbranched alkanes of at least 4 members (excludes halogenated alkanes) is 1. The fourth-order valence-electron chi connectivity index (χ4n) is 2.61. The van der Waals surface area contributed by atoms with Crippen LogP contribution in [0.3, 0.4) is 0 Å². The molecular weight excluding hydrogens is 410 g/mol. The van der Waals surface area contributed by atoms with Crippen molar-refractivity contribution in [1.82, 2.24) is 10.6 Å². The van der Waals surface area contributed by atoms with E-state index >= 15 is 0 Å². The SMILES string of the molecule is CN/C(CCCC=O)=C(\C=O)NC(=O)OCC1=CCCC=C1.CNc1ccccc1.CO. The number of rotatable bonds is 10. The zero-order chi connectivity index (χ0) is 24.0. The lowest BCUT2D eigenvalue weighted by Crippen LogP contribution is -2.28. The summed E-state index contributed by atoms with van der Waals surface area (Å²) in [5.74, 6) is 0. The van der Waals surface area contributed by atoms with Gasteiger partial charge in [0.1, 0.15) is 18.6 Å². The molecule has 1 amide bonds. The van der Waals surface area contributed by atoms with Gasteiger partial charge in [-0.05, 0) is 43.4 Å². The number of benzene rings is 1. The molecule has 32 heavy (non-hydrogen) atoms. The molecule has 1 aliphatic carbocycles. The first-order valence-electron chi connectivity index (χ1n) is 10.4. The highest BCUT2D eigenvalue weighted by Gasteiger charge is 2.11. The van der Waals surface area contributed by atoms with Gasteiger partial charge in [-0.2, -0.15) is 0 Å². The van der Waals surface area contributed by atoms with E-state index < -0.39 is 6.09 Å². The van der Waals surface area contributed by atoms with Gasteiger partial charge in [0.25, 0.3) is 0 Å². The Bertz CT molecular complexity index is 758. The summed E-state index contributed by atoms with van der Waals surface area (Å²) in [6, 6.07) is 10.1. The minimum Gasteiger partial charge on any atom is -0.444 e. The van der Waals surface area contributed by atoms with E-state index in [1.54, 1.807) is 7.05 Å². The fourth-order valence-corrected chi connectivity index (χ4v) is 2.61. The van der Waals surface area contributed by atoms with Gasteiger partial charge < -0.3 is 25.3 Å². The summed E-state index contributed by atoms with van der Waals surface area (Å²) in [5, 5.41) is 15.3. The Balaban J connectivity index is 0.000000796. The number of hydrogen-bond donors (Lipinski definition) is 4. The molecule has 0 bridgehead atoms. The molecule has 0 aliphatic heterocycles. The number of anilines is 1. The van der Waals surface area contributed by atoms with Crippen LogP contribution >= 0.6 is 0 Å². The summed E-state index contributed by atoms with van der Waals surface area (Å²) in [4.78, 5) is 33.2. The van der Waals surface area contributed by atoms with Crippen molar-refractivity contribution in [1.29, 1.82) is 0 Å². The van der Waals surface area contributed by atoms with Crippen molar-refractivity contribution >= 4 is 24.4 Å². The molecule has 0 saturated heterocycles. The fraction of sp³-hybridized carbons (Fsp3) is 0.375. The molecule has 0 heterocycles. The van der Waals surface area contributed by atoms with Crippen molar-refractivity contribution in [2.75, 3.05) is 33.1 Å². The molecule has 2 rings (SSSR count). The number of hydrogen-bond acceptors (Lipinski definition) is 7. The Morgan fingerprint density at radius 1 is 1.12 bits per heavy atom. The quantitative estimate of drug-likeness (QED) is 0.248. The molecule has 8 heteroatoms. The Morgan fingerprint density at radius 2 is 1.84 bits per heavy atom. The first-order valence-corrected chi connectivity index (χ1v) is 10.4. The lowest BCUT2D eigenvalue weighted by molar-refractivity contribution is -0.108. The molecule has 0 saturated carbocycles. The molecule has 176 valence electrons. The van der Waals surface area contributed by atoms with Crippen LogP contribution in [0.4, 0.5) is 10.5 Å². The average Bonchev–Trinajstić information content (AvgIpc) is 2.87. The van der Waals surface area contributed by atoms with Gasteiger partial charge >= 0.3 is 6.09 Å². The van der Waals surface area contributed by atoms with Crippen molar-refractivity contribution in [2.24, 2.45) is 0 Å². The van der Waals surface area contributed by atoms with Crippen LogP contribution in [0.1, 0.15) is 32.1 Å². The van der Waals surface area contributed by atoms with E-state index in [0.717, 1.165) is 37.5 Å². The summed E-state index contributed by atoms with van der Waals surface area (Å²) in [6.45, 7) is 0.175. The van der Waals surface area contributed by atoms with E-state index in [9.17, 15) is 14.4 Å². The van der Waals surface area contributed by atoms with Gasteiger partial charge in [-0.15, -0.1) is 0 Å². The van der Waals surface area contributed by atoms with Gasteiger partial charge in [-0.3, -0.25) is 10.1 Å². The number of allylic oxidation sites excluding steroid dienone is 4. The van der Waals surface area contributed by atoms with Crippen LogP contribution in [-0.4, -0.2) is 51.6 Å². The third kappa shape index (κ3) is 13.0. The van der Waals surface area contributed by atoms with Crippen LogP contribution in [0.15, 0.2) is 65.5 Å². The van der Waals surface area contributed by atoms with Crippen molar-refractivity contribution < 1.29 is 24.2 Å². The molecule has 0 aromatic heterocycles. The minimum atomic E-state index is -0.676. The predicted molar refractivity (Wildman–Crippen MR) is 127 cm³/mol. The van der Waals surface area contributed by atoms with E-state index in [1.807, 2.05) is 55.6 Å². The van der Waals surface area contributed by atoms with Crippen LogP contribution in [0.2, 0.25) is 0 Å². The highest BCUT2D eigenvalue weighted by molar-refractivity contribution is 5.82. The molecule has 0 unspecified atom stereocenters. The Morgan fingerprint density at radius 3 is 2.34 bits per heavy atom. The minimum absolute atomic E-state index is 0.131. The number of carbonyl (C=O) groups excluding carboxylic acids is 3. The first kappa shape index (κ1) is 28.6. The molecule has 0 spiro atoms. The molecule has 4 N–H and O–H groups in total. The topological polar surface area (TPSA) is 117 Å². The predicted octanol–water partition coefficient (Wildman–Crippen LogP) is 3.32. The van der Waals surface area contributed by atoms with Crippen LogP contribution in [0, 0.1) is 0 Å². The van der Waals surface area contributed by atoms with Crippen LogP contribution in [0.5, 0.6) is 0 Å². The normalized spacial score (nSPS) is 12.3. The Kier molecular flexibility index (Phi) is 17.5. The number of alkyl carbamates (subject to hydrolysis) is 1. The number of carbonyl (C=O) groups is 3. The van der Waals surface area contributed by atoms with Crippen molar-refractivity contribution in [3.8, 4) is 0 Å². The highest BCUT2D eigenvalue weighted by Crippen LogP contribution is 2.10. The zero-order valence-corrected chi connectivity index (χ0v) is 19.1.